The summed E-state index contributed by atoms with van der Waals surface area (Å²) >= 11 is 12.2. The minimum Gasteiger partial charge on any atom is -0.406 e. The quantitative estimate of drug-likeness (QED) is 0.409. The third-order valence-corrected chi connectivity index (χ3v) is 4.32. The Morgan fingerprint density at radius 2 is 1.68 bits per heavy atom. The molecule has 31 heavy (non-hydrogen) atoms. The van der Waals surface area contributed by atoms with Crippen LogP contribution in [-0.2, 0) is 0 Å². The maximum Gasteiger partial charge on any atom is 0.573 e. The summed E-state index contributed by atoms with van der Waals surface area (Å²) < 4.78 is 41.8. The summed E-state index contributed by atoms with van der Waals surface area (Å²) in [6, 6.07) is 12.1. The summed E-state index contributed by atoms with van der Waals surface area (Å²) in [7, 11) is 0. The average Bonchev–Trinajstić information content (AvgIpc) is 2.61. The highest BCUT2D eigenvalue weighted by atomic mass is 35.5. The molecule has 0 aliphatic carbocycles. The average molecular weight is 471 g/mol. The van der Waals surface area contributed by atoms with Gasteiger partial charge in [-0.3, -0.25) is 0 Å². The number of halogens is 5. The molecule has 0 aliphatic rings. The topological polar surface area (TPSA) is 59.1 Å². The van der Waals surface area contributed by atoms with Crippen molar-refractivity contribution in [3.05, 3.63) is 58.6 Å². The Kier molecular flexibility index (Phi) is 6.52. The molecule has 10 heteroatoms. The normalized spacial score (nSPS) is 11.9. The van der Waals surface area contributed by atoms with Crippen LogP contribution in [0, 0.1) is 0 Å². The van der Waals surface area contributed by atoms with Crippen LogP contribution in [0.15, 0.2) is 48.5 Å². The van der Waals surface area contributed by atoms with E-state index in [0.29, 0.717) is 38.8 Å². The van der Waals surface area contributed by atoms with Crippen molar-refractivity contribution in [2.45, 2.75) is 32.7 Å². The van der Waals surface area contributed by atoms with E-state index < -0.39 is 6.36 Å². The Labute approximate surface area is 187 Å². The largest absolute Gasteiger partial charge is 0.573 e. The molecule has 3 aromatic rings. The zero-order valence-electron chi connectivity index (χ0n) is 16.8. The molecule has 0 fully saturated rings. The highest BCUT2D eigenvalue weighted by molar-refractivity contribution is 6.36. The summed E-state index contributed by atoms with van der Waals surface area (Å²) in [4.78, 5) is 8.90. The zero-order valence-corrected chi connectivity index (χ0v) is 18.3. The number of hydrogen-bond donors (Lipinski definition) is 2. The van der Waals surface area contributed by atoms with Gasteiger partial charge in [0, 0.05) is 22.2 Å². The Morgan fingerprint density at radius 3 is 2.32 bits per heavy atom. The Hall–Kier alpha value is -2.71. The fourth-order valence-electron chi connectivity index (χ4n) is 2.63. The van der Waals surface area contributed by atoms with Gasteiger partial charge in [0.05, 0.1) is 16.4 Å². The molecule has 2 N–H and O–H groups in total. The number of nitrogens with zero attached hydrogens (tertiary/aromatic N) is 2. The highest BCUT2D eigenvalue weighted by Crippen LogP contribution is 2.32. The molecule has 164 valence electrons. The molecule has 0 spiro atoms. The highest BCUT2D eigenvalue weighted by Gasteiger charge is 2.31. The van der Waals surface area contributed by atoms with E-state index in [1.54, 1.807) is 30.3 Å². The Bertz CT molecular complexity index is 1080. The third-order valence-electron chi connectivity index (χ3n) is 3.77. The van der Waals surface area contributed by atoms with Crippen LogP contribution in [0.1, 0.15) is 20.8 Å². The molecule has 0 aliphatic heterocycles. The first-order chi connectivity index (χ1) is 14.4. The van der Waals surface area contributed by atoms with Gasteiger partial charge in [0.25, 0.3) is 0 Å². The summed E-state index contributed by atoms with van der Waals surface area (Å²) in [5, 5.41) is 7.13. The van der Waals surface area contributed by atoms with E-state index in [1.807, 2.05) is 20.8 Å². The van der Waals surface area contributed by atoms with Gasteiger partial charge in [0.1, 0.15) is 11.6 Å². The number of anilines is 3. The van der Waals surface area contributed by atoms with Crippen LogP contribution in [0.5, 0.6) is 5.75 Å². The third kappa shape index (κ3) is 6.90. The summed E-state index contributed by atoms with van der Waals surface area (Å²) in [5.74, 6) is 0.340. The molecule has 0 radical (unpaired) electrons. The second kappa shape index (κ2) is 8.80. The minimum absolute atomic E-state index is 0.291. The van der Waals surface area contributed by atoms with Gasteiger partial charge in [0.2, 0.25) is 5.95 Å². The molecule has 2 aromatic carbocycles. The maximum atomic E-state index is 12.6. The van der Waals surface area contributed by atoms with E-state index in [1.165, 1.54) is 18.2 Å². The summed E-state index contributed by atoms with van der Waals surface area (Å²) in [6.07, 6.45) is -4.79. The van der Waals surface area contributed by atoms with E-state index in [0.717, 1.165) is 0 Å². The van der Waals surface area contributed by atoms with Crippen LogP contribution < -0.4 is 15.4 Å². The number of aromatic nitrogens is 2. The number of alkyl halides is 3. The minimum atomic E-state index is -4.79. The molecular weight excluding hydrogens is 452 g/mol. The van der Waals surface area contributed by atoms with Crippen LogP contribution in [0.3, 0.4) is 0 Å². The number of hydrogen-bond acceptors (Lipinski definition) is 5. The molecule has 0 unspecified atom stereocenters. The van der Waals surface area contributed by atoms with Crippen LogP contribution in [0.2, 0.25) is 10.0 Å². The van der Waals surface area contributed by atoms with Crippen molar-refractivity contribution < 1.29 is 17.9 Å². The van der Waals surface area contributed by atoms with Crippen molar-refractivity contribution in [1.82, 2.24) is 9.97 Å². The van der Waals surface area contributed by atoms with Gasteiger partial charge in [-0.05, 0) is 51.1 Å². The van der Waals surface area contributed by atoms with Gasteiger partial charge in [-0.25, -0.2) is 4.98 Å². The van der Waals surface area contributed by atoms with E-state index in [-0.39, 0.29) is 11.3 Å². The van der Waals surface area contributed by atoms with Crippen molar-refractivity contribution in [2.24, 2.45) is 0 Å². The number of nitrogens with one attached hydrogen (secondary N) is 2. The second-order valence-corrected chi connectivity index (χ2v) is 8.51. The maximum absolute atomic E-state index is 12.6. The zero-order chi connectivity index (χ0) is 22.8. The first-order valence-electron chi connectivity index (χ1n) is 9.13. The molecule has 5 nitrogen and oxygen atoms in total. The van der Waals surface area contributed by atoms with E-state index in [9.17, 15) is 13.2 Å². The fraction of sp³-hybridized carbons (Fsp3) is 0.238. The smallest absolute Gasteiger partial charge is 0.406 e. The molecule has 1 heterocycles. The lowest BCUT2D eigenvalue weighted by molar-refractivity contribution is -0.274. The summed E-state index contributed by atoms with van der Waals surface area (Å²) in [6.45, 7) is 5.80. The Morgan fingerprint density at radius 1 is 0.935 bits per heavy atom. The van der Waals surface area contributed by atoms with E-state index in [2.05, 4.69) is 25.3 Å². The van der Waals surface area contributed by atoms with Gasteiger partial charge in [-0.15, -0.1) is 13.2 Å². The lowest BCUT2D eigenvalue weighted by Gasteiger charge is -2.21. The number of rotatable bonds is 5. The molecule has 0 amide bonds. The predicted molar refractivity (Wildman–Crippen MR) is 117 cm³/mol. The van der Waals surface area contributed by atoms with Crippen LogP contribution in [-0.4, -0.2) is 21.9 Å². The van der Waals surface area contributed by atoms with Crippen LogP contribution in [0.25, 0.3) is 11.3 Å². The van der Waals surface area contributed by atoms with Crippen molar-refractivity contribution >= 4 is 40.7 Å². The first kappa shape index (κ1) is 23.0. The molecule has 0 saturated carbocycles. The van der Waals surface area contributed by atoms with Gasteiger partial charge >= 0.3 is 6.36 Å². The van der Waals surface area contributed by atoms with Gasteiger partial charge in [0.15, 0.2) is 0 Å². The Balaban J connectivity index is 2.02. The monoisotopic (exact) mass is 470 g/mol. The van der Waals surface area contributed by atoms with E-state index >= 15 is 0 Å². The van der Waals surface area contributed by atoms with Gasteiger partial charge < -0.3 is 15.4 Å². The standard InChI is InChI=1S/C21H19Cl2F3N4O/c1-20(2,3)30-19-28-17(12-5-4-6-14(9-12)31-21(24,25)26)11-18(29-19)27-16-8-7-13(22)10-15(16)23/h4-11H,1-3H3,(H2,27,28,29,30). The van der Waals surface area contributed by atoms with Gasteiger partial charge in [-0.2, -0.15) is 4.98 Å². The van der Waals surface area contributed by atoms with Crippen LogP contribution >= 0.6 is 23.2 Å². The molecule has 3 rings (SSSR count). The molecular formula is C21H19Cl2F3N4O. The van der Waals surface area contributed by atoms with Gasteiger partial charge in [-0.1, -0.05) is 35.3 Å². The predicted octanol–water partition coefficient (Wildman–Crippen LogP) is 7.30. The summed E-state index contributed by atoms with van der Waals surface area (Å²) in [5.41, 5.74) is 1.02. The van der Waals surface area contributed by atoms with Crippen molar-refractivity contribution in [3.63, 3.8) is 0 Å². The van der Waals surface area contributed by atoms with E-state index in [4.69, 9.17) is 23.2 Å². The molecule has 0 saturated heterocycles. The van der Waals surface area contributed by atoms with Crippen LogP contribution in [0.4, 0.5) is 30.6 Å². The van der Waals surface area contributed by atoms with Crippen molar-refractivity contribution in [1.29, 1.82) is 0 Å². The number of ether oxygens (including phenoxy) is 1. The second-order valence-electron chi connectivity index (χ2n) is 7.66. The SMILES string of the molecule is CC(C)(C)Nc1nc(Nc2ccc(Cl)cc2Cl)cc(-c2cccc(OC(F)(F)F)c2)n1. The number of benzene rings is 2. The molecule has 1 aromatic heterocycles. The fourth-order valence-corrected chi connectivity index (χ4v) is 3.09. The first-order valence-corrected chi connectivity index (χ1v) is 9.89. The molecule has 0 atom stereocenters. The lowest BCUT2D eigenvalue weighted by atomic mass is 10.1. The lowest BCUT2D eigenvalue weighted by Crippen LogP contribution is -2.27. The van der Waals surface area contributed by atoms with Crippen molar-refractivity contribution in [3.8, 4) is 17.0 Å². The van der Waals surface area contributed by atoms with Crippen molar-refractivity contribution in [2.75, 3.05) is 10.6 Å². The molecule has 0 bridgehead atoms.